The van der Waals surface area contributed by atoms with Crippen LogP contribution in [0.3, 0.4) is 0 Å². The maximum absolute atomic E-state index is 11.4. The number of aliphatic hydroxyl groups is 1. The zero-order chi connectivity index (χ0) is 22.2. The number of aryl methyl sites for hydroxylation is 1. The Morgan fingerprint density at radius 1 is 1.03 bits per heavy atom. The number of carboxylic acids is 1. The maximum atomic E-state index is 11.4. The van der Waals surface area contributed by atoms with Gasteiger partial charge in [-0.15, -0.1) is 0 Å². The second-order valence-electron chi connectivity index (χ2n) is 8.49. The van der Waals surface area contributed by atoms with Gasteiger partial charge >= 0.3 is 5.97 Å². The van der Waals surface area contributed by atoms with Crippen LogP contribution in [0.4, 0.5) is 11.4 Å². The van der Waals surface area contributed by atoms with Crippen molar-refractivity contribution in [2.24, 2.45) is 0 Å². The van der Waals surface area contributed by atoms with Crippen LogP contribution in [0, 0.1) is 6.92 Å². The molecule has 0 saturated carbocycles. The normalized spacial score (nSPS) is 15.0. The van der Waals surface area contributed by atoms with E-state index in [0.29, 0.717) is 17.9 Å². The third-order valence-corrected chi connectivity index (χ3v) is 5.25. The summed E-state index contributed by atoms with van der Waals surface area (Å²) in [5.41, 5.74) is 5.08. The van der Waals surface area contributed by atoms with Gasteiger partial charge in [0, 0.05) is 17.7 Å². The number of rotatable bonds is 6. The Bertz CT molecular complexity index is 1120. The van der Waals surface area contributed by atoms with Crippen LogP contribution in [0.5, 0.6) is 5.75 Å². The molecule has 0 radical (unpaired) electrons. The average molecular weight is 418 g/mol. The molecule has 1 atom stereocenters. The van der Waals surface area contributed by atoms with Crippen LogP contribution in [-0.2, 0) is 6.42 Å². The molecule has 6 heteroatoms. The summed E-state index contributed by atoms with van der Waals surface area (Å²) in [4.78, 5) is 11.4. The van der Waals surface area contributed by atoms with Gasteiger partial charge < -0.3 is 25.6 Å². The highest BCUT2D eigenvalue weighted by Gasteiger charge is 2.33. The van der Waals surface area contributed by atoms with Gasteiger partial charge in [0.15, 0.2) is 0 Å². The fourth-order valence-electron chi connectivity index (χ4n) is 3.81. The molecule has 0 amide bonds. The molecule has 1 heterocycles. The number of aliphatic hydroxyl groups excluding tert-OH is 1. The topological polar surface area (TPSA) is 90.8 Å². The van der Waals surface area contributed by atoms with E-state index in [0.717, 1.165) is 27.9 Å². The molecule has 0 saturated heterocycles. The SMILES string of the molecule is Cc1ccc(NC(O)Nc2cc(-c3cccc(C(=O)O)c3)cc3c2OC(C)(C)C3)cc1. The van der Waals surface area contributed by atoms with Crippen molar-refractivity contribution < 1.29 is 19.7 Å². The van der Waals surface area contributed by atoms with E-state index in [-0.39, 0.29) is 11.2 Å². The van der Waals surface area contributed by atoms with E-state index in [1.165, 1.54) is 0 Å². The van der Waals surface area contributed by atoms with Crippen LogP contribution >= 0.6 is 0 Å². The van der Waals surface area contributed by atoms with Crippen LogP contribution in [-0.4, -0.2) is 28.1 Å². The van der Waals surface area contributed by atoms with E-state index in [2.05, 4.69) is 10.6 Å². The molecule has 4 rings (SSSR count). The molecule has 0 fully saturated rings. The summed E-state index contributed by atoms with van der Waals surface area (Å²) in [6.45, 7) is 6.04. The molecule has 3 aromatic rings. The van der Waals surface area contributed by atoms with E-state index in [1.807, 2.05) is 63.2 Å². The Kier molecular flexibility index (Phi) is 5.33. The quantitative estimate of drug-likeness (QED) is 0.427. The van der Waals surface area contributed by atoms with Gasteiger partial charge in [-0.2, -0.15) is 0 Å². The molecule has 1 aliphatic rings. The predicted molar refractivity (Wildman–Crippen MR) is 122 cm³/mol. The lowest BCUT2D eigenvalue weighted by molar-refractivity contribution is 0.0697. The zero-order valence-electron chi connectivity index (χ0n) is 17.8. The number of carbonyl (C=O) groups is 1. The lowest BCUT2D eigenvalue weighted by Crippen LogP contribution is -2.29. The van der Waals surface area contributed by atoms with Crippen molar-refractivity contribution in [3.8, 4) is 16.9 Å². The molecule has 6 nitrogen and oxygen atoms in total. The number of anilines is 2. The third-order valence-electron chi connectivity index (χ3n) is 5.25. The van der Waals surface area contributed by atoms with Gasteiger partial charge in [0.2, 0.25) is 6.35 Å². The minimum absolute atomic E-state index is 0.227. The molecule has 1 aliphatic heterocycles. The molecule has 4 N–H and O–H groups in total. The largest absolute Gasteiger partial charge is 0.485 e. The lowest BCUT2D eigenvalue weighted by atomic mass is 9.96. The molecular formula is C25H26N2O4. The number of fused-ring (bicyclic) bond motifs is 1. The van der Waals surface area contributed by atoms with E-state index < -0.39 is 12.3 Å². The number of benzene rings is 3. The first-order valence-corrected chi connectivity index (χ1v) is 10.2. The van der Waals surface area contributed by atoms with E-state index in [4.69, 9.17) is 4.74 Å². The smallest absolute Gasteiger partial charge is 0.335 e. The first kappa shape index (κ1) is 20.8. The van der Waals surface area contributed by atoms with Crippen LogP contribution in [0.25, 0.3) is 11.1 Å². The van der Waals surface area contributed by atoms with Gasteiger partial charge in [0.05, 0.1) is 11.3 Å². The van der Waals surface area contributed by atoms with Gasteiger partial charge in [0.1, 0.15) is 11.4 Å². The predicted octanol–water partition coefficient (Wildman–Crippen LogP) is 4.87. The molecule has 3 aromatic carbocycles. The highest BCUT2D eigenvalue weighted by atomic mass is 16.5. The third kappa shape index (κ3) is 4.64. The van der Waals surface area contributed by atoms with Gasteiger partial charge in [-0.05, 0) is 68.3 Å². The Morgan fingerprint density at radius 2 is 1.77 bits per heavy atom. The highest BCUT2D eigenvalue weighted by Crippen LogP contribution is 2.43. The first-order chi connectivity index (χ1) is 14.7. The minimum Gasteiger partial charge on any atom is -0.485 e. The molecule has 0 aromatic heterocycles. The van der Waals surface area contributed by atoms with Gasteiger partial charge in [-0.25, -0.2) is 4.79 Å². The van der Waals surface area contributed by atoms with Crippen LogP contribution in [0.2, 0.25) is 0 Å². The molecule has 31 heavy (non-hydrogen) atoms. The summed E-state index contributed by atoms with van der Waals surface area (Å²) >= 11 is 0. The summed E-state index contributed by atoms with van der Waals surface area (Å²) in [6.07, 6.45) is -0.329. The van der Waals surface area contributed by atoms with Crippen molar-refractivity contribution in [2.45, 2.75) is 39.1 Å². The Balaban J connectivity index is 1.67. The highest BCUT2D eigenvalue weighted by molar-refractivity contribution is 5.89. The van der Waals surface area contributed by atoms with Crippen LogP contribution < -0.4 is 15.4 Å². The second-order valence-corrected chi connectivity index (χ2v) is 8.49. The maximum Gasteiger partial charge on any atom is 0.335 e. The van der Waals surface area contributed by atoms with E-state index in [9.17, 15) is 15.0 Å². The molecule has 0 spiro atoms. The number of hydrogen-bond donors (Lipinski definition) is 4. The number of carboxylic acid groups (broad SMARTS) is 1. The van der Waals surface area contributed by atoms with Gasteiger partial charge in [-0.3, -0.25) is 0 Å². The van der Waals surface area contributed by atoms with E-state index in [1.54, 1.807) is 18.2 Å². The fraction of sp³-hybridized carbons (Fsp3) is 0.240. The number of nitrogens with one attached hydrogen (secondary N) is 2. The molecule has 1 unspecified atom stereocenters. The monoisotopic (exact) mass is 418 g/mol. The Hall–Kier alpha value is -3.51. The standard InChI is InChI=1S/C25H26N2O4/c1-15-7-9-20(10-8-15)26-24(30)27-21-13-18(12-19-14-25(2,3)31-22(19)21)16-5-4-6-17(11-16)23(28)29/h4-13,24,26-27,30H,14H2,1-3H3,(H,28,29). The average Bonchev–Trinajstić information content (AvgIpc) is 3.04. The molecular weight excluding hydrogens is 392 g/mol. The first-order valence-electron chi connectivity index (χ1n) is 10.2. The Labute approximate surface area is 181 Å². The second kappa shape index (κ2) is 7.96. The molecule has 160 valence electrons. The summed E-state index contributed by atoms with van der Waals surface area (Å²) < 4.78 is 6.15. The minimum atomic E-state index is -1.04. The fourth-order valence-corrected chi connectivity index (χ4v) is 3.81. The van der Waals surface area contributed by atoms with Crippen LogP contribution in [0.1, 0.15) is 35.3 Å². The summed E-state index contributed by atoms with van der Waals surface area (Å²) in [7, 11) is 0. The zero-order valence-corrected chi connectivity index (χ0v) is 17.8. The summed E-state index contributed by atoms with van der Waals surface area (Å²) in [5, 5.41) is 26.1. The van der Waals surface area contributed by atoms with Crippen molar-refractivity contribution in [1.29, 1.82) is 0 Å². The van der Waals surface area contributed by atoms with Crippen molar-refractivity contribution in [1.82, 2.24) is 0 Å². The van der Waals surface area contributed by atoms with Crippen LogP contribution in [0.15, 0.2) is 60.7 Å². The summed E-state index contributed by atoms with van der Waals surface area (Å²) in [5.74, 6) is -0.267. The molecule has 0 aliphatic carbocycles. The Morgan fingerprint density at radius 3 is 2.48 bits per heavy atom. The number of hydrogen-bond acceptors (Lipinski definition) is 5. The number of aromatic carboxylic acids is 1. The number of ether oxygens (including phenoxy) is 1. The van der Waals surface area contributed by atoms with Crippen molar-refractivity contribution in [3.05, 3.63) is 77.4 Å². The van der Waals surface area contributed by atoms with Crippen molar-refractivity contribution in [3.63, 3.8) is 0 Å². The van der Waals surface area contributed by atoms with Crippen molar-refractivity contribution in [2.75, 3.05) is 10.6 Å². The van der Waals surface area contributed by atoms with E-state index >= 15 is 0 Å². The summed E-state index contributed by atoms with van der Waals surface area (Å²) in [6, 6.07) is 18.5. The van der Waals surface area contributed by atoms with Gasteiger partial charge in [0.25, 0.3) is 0 Å². The van der Waals surface area contributed by atoms with Gasteiger partial charge in [-0.1, -0.05) is 29.8 Å². The molecule has 0 bridgehead atoms. The lowest BCUT2D eigenvalue weighted by Gasteiger charge is -2.21. The van der Waals surface area contributed by atoms with Crippen molar-refractivity contribution >= 4 is 17.3 Å².